The second-order valence-corrected chi connectivity index (χ2v) is 4.34. The Morgan fingerprint density at radius 1 is 0.722 bits per heavy atom. The maximum absolute atomic E-state index is 5.18. The molecule has 1 nitrogen and oxygen atoms in total. The molecular formula is C17H18O. The van der Waals surface area contributed by atoms with Gasteiger partial charge in [0, 0.05) is 0 Å². The van der Waals surface area contributed by atoms with Crippen molar-refractivity contribution in [2.75, 3.05) is 7.11 Å². The molecule has 92 valence electrons. The van der Waals surface area contributed by atoms with Crippen LogP contribution in [-0.4, -0.2) is 7.11 Å². The highest BCUT2D eigenvalue weighted by Crippen LogP contribution is 2.26. The molecule has 0 bridgehead atoms. The van der Waals surface area contributed by atoms with Crippen LogP contribution in [0, 0.1) is 0 Å². The first-order valence-electron chi connectivity index (χ1n) is 6.09. The Morgan fingerprint density at radius 3 is 1.72 bits per heavy atom. The van der Waals surface area contributed by atoms with Crippen molar-refractivity contribution in [3.63, 3.8) is 0 Å². The van der Waals surface area contributed by atoms with Crippen molar-refractivity contribution in [3.8, 4) is 5.75 Å². The van der Waals surface area contributed by atoms with Crippen LogP contribution >= 0.6 is 0 Å². The van der Waals surface area contributed by atoms with Gasteiger partial charge >= 0.3 is 0 Å². The SMILES string of the molecule is COc1ccc(C(C)=C(C)c2ccccc2)cc1. The van der Waals surface area contributed by atoms with E-state index in [2.05, 4.69) is 50.2 Å². The summed E-state index contributed by atoms with van der Waals surface area (Å²) in [5.74, 6) is 0.893. The molecule has 1 heteroatoms. The van der Waals surface area contributed by atoms with Crippen molar-refractivity contribution in [2.45, 2.75) is 13.8 Å². The van der Waals surface area contributed by atoms with Gasteiger partial charge < -0.3 is 4.74 Å². The third-order valence-electron chi connectivity index (χ3n) is 3.29. The molecule has 0 atom stereocenters. The van der Waals surface area contributed by atoms with E-state index in [9.17, 15) is 0 Å². The topological polar surface area (TPSA) is 9.23 Å². The Morgan fingerprint density at radius 2 is 1.22 bits per heavy atom. The summed E-state index contributed by atoms with van der Waals surface area (Å²) >= 11 is 0. The van der Waals surface area contributed by atoms with Gasteiger partial charge in [-0.1, -0.05) is 42.5 Å². The van der Waals surface area contributed by atoms with Crippen LogP contribution in [0.25, 0.3) is 11.1 Å². The van der Waals surface area contributed by atoms with Gasteiger partial charge in [0.25, 0.3) is 0 Å². The lowest BCUT2D eigenvalue weighted by Crippen LogP contribution is -1.87. The van der Waals surface area contributed by atoms with E-state index in [1.54, 1.807) is 7.11 Å². The van der Waals surface area contributed by atoms with Crippen molar-refractivity contribution in [1.29, 1.82) is 0 Å². The molecule has 0 fully saturated rings. The highest BCUT2D eigenvalue weighted by atomic mass is 16.5. The molecule has 0 aliphatic rings. The van der Waals surface area contributed by atoms with Crippen LogP contribution < -0.4 is 4.74 Å². The largest absolute Gasteiger partial charge is 0.497 e. The third-order valence-corrected chi connectivity index (χ3v) is 3.29. The number of ether oxygens (including phenoxy) is 1. The highest BCUT2D eigenvalue weighted by Gasteiger charge is 2.03. The monoisotopic (exact) mass is 238 g/mol. The van der Waals surface area contributed by atoms with E-state index in [0.717, 1.165) is 5.75 Å². The zero-order chi connectivity index (χ0) is 13.0. The number of hydrogen-bond acceptors (Lipinski definition) is 1. The summed E-state index contributed by atoms with van der Waals surface area (Å²) in [7, 11) is 1.69. The van der Waals surface area contributed by atoms with Gasteiger partial charge in [0.15, 0.2) is 0 Å². The standard InChI is InChI=1S/C17H18O/c1-13(15-7-5-4-6-8-15)14(2)16-9-11-17(18-3)12-10-16/h4-12H,1-3H3. The molecule has 0 spiro atoms. The molecule has 2 aromatic carbocycles. The molecule has 0 saturated carbocycles. The Bertz CT molecular complexity index is 536. The maximum atomic E-state index is 5.18. The van der Waals surface area contributed by atoms with Crippen LogP contribution in [0.1, 0.15) is 25.0 Å². The van der Waals surface area contributed by atoms with Crippen molar-refractivity contribution in [2.24, 2.45) is 0 Å². The first kappa shape index (κ1) is 12.4. The van der Waals surface area contributed by atoms with Gasteiger partial charge in [-0.3, -0.25) is 0 Å². The van der Waals surface area contributed by atoms with Crippen LogP contribution in [0.3, 0.4) is 0 Å². The predicted octanol–water partition coefficient (Wildman–Crippen LogP) is 4.65. The smallest absolute Gasteiger partial charge is 0.118 e. The molecule has 0 aliphatic heterocycles. The average Bonchev–Trinajstić information content (AvgIpc) is 2.47. The summed E-state index contributed by atoms with van der Waals surface area (Å²) in [6.45, 7) is 4.32. The van der Waals surface area contributed by atoms with E-state index in [1.165, 1.54) is 22.3 Å². The molecule has 2 aromatic rings. The fourth-order valence-electron chi connectivity index (χ4n) is 1.96. The summed E-state index contributed by atoms with van der Waals surface area (Å²) in [5.41, 5.74) is 5.10. The Kier molecular flexibility index (Phi) is 3.83. The molecule has 0 N–H and O–H groups in total. The molecule has 0 saturated heterocycles. The highest BCUT2D eigenvalue weighted by molar-refractivity contribution is 5.88. The van der Waals surface area contributed by atoms with Crippen molar-refractivity contribution in [1.82, 2.24) is 0 Å². The van der Waals surface area contributed by atoms with E-state index in [-0.39, 0.29) is 0 Å². The second-order valence-electron chi connectivity index (χ2n) is 4.34. The van der Waals surface area contributed by atoms with Crippen LogP contribution in [-0.2, 0) is 0 Å². The summed E-state index contributed by atoms with van der Waals surface area (Å²) < 4.78 is 5.18. The second kappa shape index (κ2) is 5.54. The van der Waals surface area contributed by atoms with Crippen LogP contribution in [0.4, 0.5) is 0 Å². The molecule has 0 unspecified atom stereocenters. The average molecular weight is 238 g/mol. The minimum Gasteiger partial charge on any atom is -0.497 e. The molecule has 0 radical (unpaired) electrons. The molecule has 18 heavy (non-hydrogen) atoms. The molecule has 0 aromatic heterocycles. The normalized spacial score (nSPS) is 11.9. The maximum Gasteiger partial charge on any atom is 0.118 e. The number of benzene rings is 2. The van der Waals surface area contributed by atoms with Gasteiger partial charge in [-0.15, -0.1) is 0 Å². The minimum absolute atomic E-state index is 0.893. The van der Waals surface area contributed by atoms with Gasteiger partial charge in [-0.25, -0.2) is 0 Å². The lowest BCUT2D eigenvalue weighted by molar-refractivity contribution is 0.415. The summed E-state index contributed by atoms with van der Waals surface area (Å²) in [4.78, 5) is 0. The molecule has 2 rings (SSSR count). The van der Waals surface area contributed by atoms with Crippen LogP contribution in [0.5, 0.6) is 5.75 Å². The predicted molar refractivity (Wildman–Crippen MR) is 77.6 cm³/mol. The fourth-order valence-corrected chi connectivity index (χ4v) is 1.96. The summed E-state index contributed by atoms with van der Waals surface area (Å²) in [5, 5.41) is 0. The third kappa shape index (κ3) is 2.62. The lowest BCUT2D eigenvalue weighted by atomic mass is 9.97. The first-order valence-corrected chi connectivity index (χ1v) is 6.09. The van der Waals surface area contributed by atoms with Crippen molar-refractivity contribution >= 4 is 11.1 Å². The zero-order valence-electron chi connectivity index (χ0n) is 11.1. The molecule has 0 amide bonds. The van der Waals surface area contributed by atoms with Gasteiger partial charge in [0.05, 0.1) is 7.11 Å². The van der Waals surface area contributed by atoms with E-state index < -0.39 is 0 Å². The molecule has 0 aliphatic carbocycles. The Hall–Kier alpha value is -2.02. The van der Waals surface area contributed by atoms with Gasteiger partial charge in [-0.05, 0) is 48.3 Å². The zero-order valence-corrected chi connectivity index (χ0v) is 11.1. The van der Waals surface area contributed by atoms with Crippen molar-refractivity contribution < 1.29 is 4.74 Å². The number of allylic oxidation sites excluding steroid dienone is 2. The Balaban J connectivity index is 2.37. The lowest BCUT2D eigenvalue weighted by Gasteiger charge is -2.09. The first-order chi connectivity index (χ1) is 8.72. The molecular weight excluding hydrogens is 220 g/mol. The van der Waals surface area contributed by atoms with Gasteiger partial charge in [-0.2, -0.15) is 0 Å². The van der Waals surface area contributed by atoms with E-state index >= 15 is 0 Å². The minimum atomic E-state index is 0.893. The number of hydrogen-bond donors (Lipinski definition) is 0. The summed E-state index contributed by atoms with van der Waals surface area (Å²) in [6, 6.07) is 18.7. The quantitative estimate of drug-likeness (QED) is 0.707. The Labute approximate surface area is 109 Å². The van der Waals surface area contributed by atoms with Gasteiger partial charge in [0.1, 0.15) is 5.75 Å². The van der Waals surface area contributed by atoms with E-state index in [4.69, 9.17) is 4.74 Å². The van der Waals surface area contributed by atoms with E-state index in [1.807, 2.05) is 18.2 Å². The molecule has 0 heterocycles. The number of methoxy groups -OCH3 is 1. The summed E-state index contributed by atoms with van der Waals surface area (Å²) in [6.07, 6.45) is 0. The number of rotatable bonds is 3. The van der Waals surface area contributed by atoms with Crippen molar-refractivity contribution in [3.05, 3.63) is 65.7 Å². The van der Waals surface area contributed by atoms with E-state index in [0.29, 0.717) is 0 Å². The van der Waals surface area contributed by atoms with Gasteiger partial charge in [0.2, 0.25) is 0 Å². The van der Waals surface area contributed by atoms with Crippen LogP contribution in [0.2, 0.25) is 0 Å². The van der Waals surface area contributed by atoms with Crippen LogP contribution in [0.15, 0.2) is 54.6 Å². The fraction of sp³-hybridized carbons (Fsp3) is 0.176.